The Morgan fingerprint density at radius 2 is 2.27 bits per heavy atom. The summed E-state index contributed by atoms with van der Waals surface area (Å²) in [5.74, 6) is -0.0602. The minimum Gasteiger partial charge on any atom is -0.464 e. The third kappa shape index (κ3) is 2.49. The first-order chi connectivity index (χ1) is 7.16. The zero-order valence-electron chi connectivity index (χ0n) is 9.44. The minimum atomic E-state index is -0.0657. The quantitative estimate of drug-likeness (QED) is 0.643. The van der Waals surface area contributed by atoms with Gasteiger partial charge in [-0.3, -0.25) is 4.79 Å². The van der Waals surface area contributed by atoms with Crippen molar-refractivity contribution in [3.8, 4) is 0 Å². The van der Waals surface area contributed by atoms with Crippen molar-refractivity contribution >= 4 is 5.97 Å². The Morgan fingerprint density at radius 3 is 2.80 bits per heavy atom. The van der Waals surface area contributed by atoms with Gasteiger partial charge in [0.15, 0.2) is 0 Å². The summed E-state index contributed by atoms with van der Waals surface area (Å²) in [6, 6.07) is 0. The fourth-order valence-electron chi connectivity index (χ4n) is 2.32. The van der Waals surface area contributed by atoms with Crippen LogP contribution >= 0.6 is 0 Å². The molecule has 2 heterocycles. The molecule has 3 atom stereocenters. The highest BCUT2D eigenvalue weighted by molar-refractivity contribution is 5.73. The summed E-state index contributed by atoms with van der Waals surface area (Å²) < 4.78 is 10.9. The number of likely N-dealkylation sites (N-methyl/N-ethyl adjacent to an activating group) is 1. The molecule has 15 heavy (non-hydrogen) atoms. The van der Waals surface area contributed by atoms with Gasteiger partial charge in [0.1, 0.15) is 6.61 Å². The van der Waals surface area contributed by atoms with E-state index < -0.39 is 0 Å². The molecule has 0 spiro atoms. The van der Waals surface area contributed by atoms with Crippen molar-refractivity contribution in [2.24, 2.45) is 5.92 Å². The maximum Gasteiger partial charge on any atom is 0.311 e. The Hall–Kier alpha value is -0.610. The Bertz CT molecular complexity index is 242. The van der Waals surface area contributed by atoms with Crippen LogP contribution in [-0.2, 0) is 14.3 Å². The average Bonchev–Trinajstić information content (AvgIpc) is 2.77. The van der Waals surface area contributed by atoms with Crippen LogP contribution in [0.2, 0.25) is 0 Å². The number of fused-ring (bicyclic) bond motifs is 2. The zero-order valence-corrected chi connectivity index (χ0v) is 9.44. The molecule has 2 aliphatic heterocycles. The Labute approximate surface area is 90.5 Å². The second kappa shape index (κ2) is 4.49. The van der Waals surface area contributed by atoms with Gasteiger partial charge < -0.3 is 14.4 Å². The average molecular weight is 213 g/mol. The second-order valence-electron chi connectivity index (χ2n) is 4.69. The molecule has 4 heteroatoms. The first-order valence-electron chi connectivity index (χ1n) is 5.63. The predicted molar refractivity (Wildman–Crippen MR) is 55.5 cm³/mol. The first kappa shape index (κ1) is 10.9. The Morgan fingerprint density at radius 1 is 1.47 bits per heavy atom. The molecule has 3 unspecified atom stereocenters. The van der Waals surface area contributed by atoms with Crippen molar-refractivity contribution < 1.29 is 14.3 Å². The number of hydrogen-bond donors (Lipinski definition) is 0. The third-order valence-electron chi connectivity index (χ3n) is 3.19. The molecule has 0 N–H and O–H groups in total. The monoisotopic (exact) mass is 213 g/mol. The maximum atomic E-state index is 11.7. The lowest BCUT2D eigenvalue weighted by Crippen LogP contribution is -2.29. The maximum absolute atomic E-state index is 11.7. The smallest absolute Gasteiger partial charge is 0.311 e. The first-order valence-corrected chi connectivity index (χ1v) is 5.63. The van der Waals surface area contributed by atoms with Crippen LogP contribution in [0, 0.1) is 5.92 Å². The molecule has 4 nitrogen and oxygen atoms in total. The van der Waals surface area contributed by atoms with Crippen LogP contribution in [0.3, 0.4) is 0 Å². The molecule has 0 radical (unpaired) electrons. The molecule has 2 saturated heterocycles. The van der Waals surface area contributed by atoms with E-state index in [1.165, 1.54) is 0 Å². The van der Waals surface area contributed by atoms with Crippen molar-refractivity contribution in [2.75, 3.05) is 27.2 Å². The Balaban J connectivity index is 1.72. The van der Waals surface area contributed by atoms with Crippen LogP contribution in [0.5, 0.6) is 0 Å². The summed E-state index contributed by atoms with van der Waals surface area (Å²) in [6.07, 6.45) is 3.47. The number of carbonyl (C=O) groups is 1. The van der Waals surface area contributed by atoms with E-state index >= 15 is 0 Å². The topological polar surface area (TPSA) is 38.8 Å². The number of ether oxygens (including phenoxy) is 2. The fraction of sp³-hybridized carbons (Fsp3) is 0.909. The van der Waals surface area contributed by atoms with Crippen molar-refractivity contribution in [2.45, 2.75) is 31.5 Å². The highest BCUT2D eigenvalue weighted by atomic mass is 16.5. The number of carbonyl (C=O) groups excluding carboxylic acids is 1. The number of rotatable bonds is 4. The molecule has 2 bridgehead atoms. The van der Waals surface area contributed by atoms with Gasteiger partial charge in [-0.05, 0) is 33.4 Å². The van der Waals surface area contributed by atoms with Gasteiger partial charge in [0.05, 0.1) is 18.1 Å². The molecular weight excluding hydrogens is 194 g/mol. The standard InChI is InChI=1S/C11H19NO3/c1-12(2)5-6-14-11(13)9-7-8-3-4-10(9)15-8/h8-10H,3-7H2,1-2H3. The van der Waals surface area contributed by atoms with Crippen molar-refractivity contribution in [1.82, 2.24) is 4.90 Å². The van der Waals surface area contributed by atoms with Gasteiger partial charge in [0, 0.05) is 6.54 Å². The van der Waals surface area contributed by atoms with Gasteiger partial charge in [-0.15, -0.1) is 0 Å². The largest absolute Gasteiger partial charge is 0.464 e. The van der Waals surface area contributed by atoms with Crippen LogP contribution < -0.4 is 0 Å². The number of nitrogens with zero attached hydrogens (tertiary/aromatic N) is 1. The lowest BCUT2D eigenvalue weighted by Gasteiger charge is -2.17. The predicted octanol–water partition coefficient (Wildman–Crippen LogP) is 0.659. The van der Waals surface area contributed by atoms with Crippen molar-refractivity contribution in [3.63, 3.8) is 0 Å². The van der Waals surface area contributed by atoms with Gasteiger partial charge in [-0.25, -0.2) is 0 Å². The van der Waals surface area contributed by atoms with Gasteiger partial charge in [0.25, 0.3) is 0 Å². The van der Waals surface area contributed by atoms with Crippen LogP contribution in [0.1, 0.15) is 19.3 Å². The van der Waals surface area contributed by atoms with Crippen molar-refractivity contribution in [1.29, 1.82) is 0 Å². The van der Waals surface area contributed by atoms with Crippen LogP contribution in [0.4, 0.5) is 0 Å². The van der Waals surface area contributed by atoms with Crippen LogP contribution in [0.15, 0.2) is 0 Å². The van der Waals surface area contributed by atoms with E-state index in [9.17, 15) is 4.79 Å². The SMILES string of the molecule is CN(C)CCOC(=O)C1CC2CCC1O2. The minimum absolute atomic E-state index is 0.00547. The molecule has 2 rings (SSSR count). The molecule has 0 aromatic heterocycles. The second-order valence-corrected chi connectivity index (χ2v) is 4.69. The highest BCUT2D eigenvalue weighted by Gasteiger charge is 2.45. The molecular formula is C11H19NO3. The van der Waals surface area contributed by atoms with Gasteiger partial charge in [-0.1, -0.05) is 0 Å². The fourth-order valence-corrected chi connectivity index (χ4v) is 2.32. The zero-order chi connectivity index (χ0) is 10.8. The van der Waals surface area contributed by atoms with E-state index in [0.717, 1.165) is 25.8 Å². The summed E-state index contributed by atoms with van der Waals surface area (Å²) in [5, 5.41) is 0. The normalized spacial score (nSPS) is 33.7. The summed E-state index contributed by atoms with van der Waals surface area (Å²) in [7, 11) is 3.93. The van der Waals surface area contributed by atoms with Crippen LogP contribution in [0.25, 0.3) is 0 Å². The van der Waals surface area contributed by atoms with E-state index in [-0.39, 0.29) is 18.0 Å². The molecule has 0 saturated carbocycles. The molecule has 0 amide bonds. The van der Waals surface area contributed by atoms with E-state index in [4.69, 9.17) is 9.47 Å². The molecule has 2 fully saturated rings. The lowest BCUT2D eigenvalue weighted by molar-refractivity contribution is -0.150. The van der Waals surface area contributed by atoms with E-state index in [0.29, 0.717) is 12.7 Å². The van der Waals surface area contributed by atoms with Crippen molar-refractivity contribution in [3.05, 3.63) is 0 Å². The summed E-state index contributed by atoms with van der Waals surface area (Å²) >= 11 is 0. The Kier molecular flexibility index (Phi) is 3.26. The summed E-state index contributed by atoms with van der Waals surface area (Å²) in [5.41, 5.74) is 0. The highest BCUT2D eigenvalue weighted by Crippen LogP contribution is 2.39. The molecule has 0 aliphatic carbocycles. The van der Waals surface area contributed by atoms with Crippen LogP contribution in [-0.4, -0.2) is 50.3 Å². The molecule has 0 aromatic carbocycles. The van der Waals surface area contributed by atoms with Gasteiger partial charge >= 0.3 is 5.97 Å². The summed E-state index contributed by atoms with van der Waals surface area (Å²) in [6.45, 7) is 1.27. The lowest BCUT2D eigenvalue weighted by atomic mass is 9.89. The van der Waals surface area contributed by atoms with Gasteiger partial charge in [-0.2, -0.15) is 0 Å². The van der Waals surface area contributed by atoms with E-state index in [2.05, 4.69) is 0 Å². The molecule has 86 valence electrons. The number of esters is 1. The van der Waals surface area contributed by atoms with E-state index in [1.54, 1.807) is 0 Å². The summed E-state index contributed by atoms with van der Waals surface area (Å²) in [4.78, 5) is 13.7. The van der Waals surface area contributed by atoms with E-state index in [1.807, 2.05) is 19.0 Å². The molecule has 2 aliphatic rings. The number of hydrogen-bond acceptors (Lipinski definition) is 4. The van der Waals surface area contributed by atoms with Gasteiger partial charge in [0.2, 0.25) is 0 Å². The molecule has 0 aromatic rings. The third-order valence-corrected chi connectivity index (χ3v) is 3.19.